The van der Waals surface area contributed by atoms with Gasteiger partial charge in [-0.05, 0) is 42.7 Å². The molecule has 2 aromatic carbocycles. The predicted octanol–water partition coefficient (Wildman–Crippen LogP) is 1.05. The van der Waals surface area contributed by atoms with Crippen molar-refractivity contribution in [3.8, 4) is 5.75 Å². The lowest BCUT2D eigenvalue weighted by molar-refractivity contribution is -0.117. The van der Waals surface area contributed by atoms with Crippen molar-refractivity contribution in [3.05, 3.63) is 53.6 Å². The van der Waals surface area contributed by atoms with Crippen molar-refractivity contribution >= 4 is 27.5 Å². The number of amides is 2. The molecule has 148 valence electrons. The minimum atomic E-state index is -3.97. The van der Waals surface area contributed by atoms with Crippen molar-refractivity contribution in [2.45, 2.75) is 17.7 Å². The van der Waals surface area contributed by atoms with Crippen LogP contribution < -0.4 is 20.1 Å². The van der Waals surface area contributed by atoms with E-state index in [9.17, 15) is 18.0 Å². The van der Waals surface area contributed by atoms with Gasteiger partial charge in [-0.15, -0.1) is 0 Å². The van der Waals surface area contributed by atoms with Crippen LogP contribution in [-0.4, -0.2) is 40.4 Å². The van der Waals surface area contributed by atoms with E-state index >= 15 is 0 Å². The van der Waals surface area contributed by atoms with Gasteiger partial charge in [-0.1, -0.05) is 18.2 Å². The highest BCUT2D eigenvalue weighted by atomic mass is 32.2. The van der Waals surface area contributed by atoms with Crippen LogP contribution in [0.3, 0.4) is 0 Å². The summed E-state index contributed by atoms with van der Waals surface area (Å²) < 4.78 is 33.4. The third-order valence-electron chi connectivity index (χ3n) is 4.48. The third-order valence-corrected chi connectivity index (χ3v) is 6.32. The molecular weight excluding hydrogens is 382 g/mol. The summed E-state index contributed by atoms with van der Waals surface area (Å²) in [5.74, 6) is -1.16. The number of sulfonamides is 1. The van der Waals surface area contributed by atoms with Gasteiger partial charge in [0, 0.05) is 12.1 Å². The fourth-order valence-corrected chi connectivity index (χ4v) is 4.88. The van der Waals surface area contributed by atoms with Crippen molar-refractivity contribution in [2.24, 2.45) is 5.73 Å². The predicted molar refractivity (Wildman–Crippen MR) is 104 cm³/mol. The van der Waals surface area contributed by atoms with Crippen molar-refractivity contribution < 1.29 is 22.7 Å². The van der Waals surface area contributed by atoms with Gasteiger partial charge in [0.05, 0.1) is 19.3 Å². The van der Waals surface area contributed by atoms with Crippen LogP contribution in [0.25, 0.3) is 0 Å². The molecule has 3 rings (SSSR count). The Morgan fingerprint density at radius 1 is 1.21 bits per heavy atom. The Morgan fingerprint density at radius 3 is 2.68 bits per heavy atom. The van der Waals surface area contributed by atoms with Crippen LogP contribution >= 0.6 is 0 Å². The average molecular weight is 403 g/mol. The molecule has 0 aliphatic carbocycles. The first-order chi connectivity index (χ1) is 13.3. The standard InChI is InChI=1S/C19H21N3O5S/c1-27-16-9-8-14(19(24)21-12-18(20)23)11-17(16)28(25,26)22-10-4-6-13-5-2-3-7-15(13)22/h2-3,5,7-9,11H,4,6,10,12H2,1H3,(H2,20,23)(H,21,24). The minimum absolute atomic E-state index is 0.0888. The van der Waals surface area contributed by atoms with E-state index in [1.54, 1.807) is 12.1 Å². The number of benzene rings is 2. The monoisotopic (exact) mass is 403 g/mol. The van der Waals surface area contributed by atoms with Gasteiger partial charge in [-0.25, -0.2) is 8.42 Å². The zero-order valence-electron chi connectivity index (χ0n) is 15.3. The van der Waals surface area contributed by atoms with Crippen LogP contribution in [-0.2, 0) is 21.2 Å². The normalized spacial score (nSPS) is 13.5. The molecule has 0 fully saturated rings. The number of primary amides is 1. The summed E-state index contributed by atoms with van der Waals surface area (Å²) in [6.07, 6.45) is 1.49. The van der Waals surface area contributed by atoms with E-state index in [0.717, 1.165) is 12.0 Å². The maximum absolute atomic E-state index is 13.4. The molecule has 0 bridgehead atoms. The lowest BCUT2D eigenvalue weighted by Crippen LogP contribution is -2.36. The average Bonchev–Trinajstić information content (AvgIpc) is 2.70. The number of anilines is 1. The molecular formula is C19H21N3O5S. The Balaban J connectivity index is 2.03. The van der Waals surface area contributed by atoms with E-state index in [1.165, 1.54) is 29.6 Å². The number of rotatable bonds is 6. The van der Waals surface area contributed by atoms with Crippen LogP contribution in [0, 0.1) is 0 Å². The highest BCUT2D eigenvalue weighted by Gasteiger charge is 2.32. The zero-order valence-corrected chi connectivity index (χ0v) is 16.2. The molecule has 1 aliphatic heterocycles. The number of para-hydroxylation sites is 1. The molecule has 0 radical (unpaired) electrons. The van der Waals surface area contributed by atoms with Gasteiger partial charge in [-0.2, -0.15) is 0 Å². The highest BCUT2D eigenvalue weighted by molar-refractivity contribution is 7.93. The summed E-state index contributed by atoms with van der Waals surface area (Å²) >= 11 is 0. The first kappa shape index (κ1) is 19.7. The van der Waals surface area contributed by atoms with Crippen molar-refractivity contribution in [2.75, 3.05) is 24.5 Å². The van der Waals surface area contributed by atoms with Crippen molar-refractivity contribution in [1.29, 1.82) is 0 Å². The Morgan fingerprint density at radius 2 is 1.96 bits per heavy atom. The fourth-order valence-electron chi connectivity index (χ4n) is 3.16. The van der Waals surface area contributed by atoms with E-state index in [-0.39, 0.29) is 22.8 Å². The quantitative estimate of drug-likeness (QED) is 0.747. The van der Waals surface area contributed by atoms with Gasteiger partial charge in [0.2, 0.25) is 5.91 Å². The molecule has 2 aromatic rings. The molecule has 0 saturated heterocycles. The molecule has 0 saturated carbocycles. The minimum Gasteiger partial charge on any atom is -0.495 e. The third kappa shape index (κ3) is 3.79. The van der Waals surface area contributed by atoms with Crippen molar-refractivity contribution in [1.82, 2.24) is 5.32 Å². The number of methoxy groups -OCH3 is 1. The number of ether oxygens (including phenoxy) is 1. The number of hydrogen-bond acceptors (Lipinski definition) is 5. The Labute approximate surface area is 163 Å². The largest absolute Gasteiger partial charge is 0.495 e. The Hall–Kier alpha value is -3.07. The summed E-state index contributed by atoms with van der Waals surface area (Å²) in [6, 6.07) is 11.4. The molecule has 8 nitrogen and oxygen atoms in total. The van der Waals surface area contributed by atoms with Gasteiger partial charge in [0.25, 0.3) is 15.9 Å². The molecule has 1 heterocycles. The summed E-state index contributed by atoms with van der Waals surface area (Å²) in [6.45, 7) is -0.00690. The smallest absolute Gasteiger partial charge is 0.268 e. The molecule has 28 heavy (non-hydrogen) atoms. The van der Waals surface area contributed by atoms with E-state index in [0.29, 0.717) is 18.7 Å². The van der Waals surface area contributed by atoms with Gasteiger partial charge >= 0.3 is 0 Å². The molecule has 1 aliphatic rings. The summed E-state index contributed by atoms with van der Waals surface area (Å²) in [5, 5.41) is 2.35. The van der Waals surface area contributed by atoms with E-state index in [1.807, 2.05) is 12.1 Å². The lowest BCUT2D eigenvalue weighted by atomic mass is 10.0. The second kappa shape index (κ2) is 7.89. The van der Waals surface area contributed by atoms with E-state index in [2.05, 4.69) is 5.32 Å². The number of carbonyl (C=O) groups is 2. The van der Waals surface area contributed by atoms with Gasteiger partial charge in [-0.3, -0.25) is 13.9 Å². The second-order valence-corrected chi connectivity index (χ2v) is 8.15. The molecule has 0 unspecified atom stereocenters. The van der Waals surface area contributed by atoms with Gasteiger partial charge in [0.1, 0.15) is 10.6 Å². The molecule has 9 heteroatoms. The number of fused-ring (bicyclic) bond motifs is 1. The first-order valence-electron chi connectivity index (χ1n) is 8.70. The first-order valence-corrected chi connectivity index (χ1v) is 10.1. The molecule has 0 atom stereocenters. The van der Waals surface area contributed by atoms with Crippen LogP contribution in [0.15, 0.2) is 47.4 Å². The number of nitrogens with one attached hydrogen (secondary N) is 1. The SMILES string of the molecule is COc1ccc(C(=O)NCC(N)=O)cc1S(=O)(=O)N1CCCc2ccccc21. The molecule has 2 amide bonds. The highest BCUT2D eigenvalue weighted by Crippen LogP contribution is 2.35. The maximum Gasteiger partial charge on any atom is 0.268 e. The van der Waals surface area contributed by atoms with E-state index in [4.69, 9.17) is 10.5 Å². The summed E-state index contributed by atoms with van der Waals surface area (Å²) in [5.41, 5.74) is 6.69. The van der Waals surface area contributed by atoms with Crippen molar-refractivity contribution in [3.63, 3.8) is 0 Å². The fraction of sp³-hybridized carbons (Fsp3) is 0.263. The Kier molecular flexibility index (Phi) is 5.55. The molecule has 3 N–H and O–H groups in total. The number of hydrogen-bond donors (Lipinski definition) is 2. The number of nitrogens with zero attached hydrogens (tertiary/aromatic N) is 1. The second-order valence-electron chi connectivity index (χ2n) is 6.32. The number of carbonyl (C=O) groups excluding carboxylic acids is 2. The Bertz CT molecular complexity index is 1020. The summed E-state index contributed by atoms with van der Waals surface area (Å²) in [7, 11) is -2.60. The van der Waals surface area contributed by atoms with Crippen LogP contribution in [0.2, 0.25) is 0 Å². The topological polar surface area (TPSA) is 119 Å². The summed E-state index contributed by atoms with van der Waals surface area (Å²) in [4.78, 5) is 23.0. The van der Waals surface area contributed by atoms with Crippen LogP contribution in [0.4, 0.5) is 5.69 Å². The van der Waals surface area contributed by atoms with Crippen LogP contribution in [0.5, 0.6) is 5.75 Å². The number of aryl methyl sites for hydroxylation is 1. The van der Waals surface area contributed by atoms with Gasteiger partial charge in [0.15, 0.2) is 0 Å². The number of nitrogens with two attached hydrogens (primary N) is 1. The van der Waals surface area contributed by atoms with Gasteiger partial charge < -0.3 is 15.8 Å². The van der Waals surface area contributed by atoms with Crippen LogP contribution in [0.1, 0.15) is 22.3 Å². The molecule has 0 aromatic heterocycles. The maximum atomic E-state index is 13.4. The lowest BCUT2D eigenvalue weighted by Gasteiger charge is -2.31. The van der Waals surface area contributed by atoms with E-state index < -0.39 is 21.8 Å². The zero-order chi connectivity index (χ0) is 20.3. The molecule has 0 spiro atoms.